The van der Waals surface area contributed by atoms with Crippen LogP contribution < -0.4 is 9.47 Å². The number of hydrogen-bond donors (Lipinski definition) is 0. The zero-order valence-corrected chi connectivity index (χ0v) is 21.1. The molecule has 3 rings (SSSR count). The predicted octanol–water partition coefficient (Wildman–Crippen LogP) is 7.31. The fourth-order valence-electron chi connectivity index (χ4n) is 3.65. The van der Waals surface area contributed by atoms with E-state index < -0.39 is 12.1 Å². The molecule has 0 bridgehead atoms. The molecule has 188 valence electrons. The molecule has 0 aliphatic heterocycles. The molecule has 1 atom stereocenters. The second kappa shape index (κ2) is 13.9. The number of rotatable bonds is 14. The monoisotopic (exact) mass is 486 g/mol. The number of esters is 1. The number of unbranched alkanes of at least 4 members (excludes halogenated alkanes) is 3. The molecular formula is C31H34O5. The quantitative estimate of drug-likeness (QED) is 0.103. The van der Waals surface area contributed by atoms with Crippen molar-refractivity contribution in [2.45, 2.75) is 45.6 Å². The van der Waals surface area contributed by atoms with Crippen LogP contribution in [-0.4, -0.2) is 31.1 Å². The molecule has 0 spiro atoms. The van der Waals surface area contributed by atoms with Gasteiger partial charge in [-0.2, -0.15) is 0 Å². The normalized spacial score (nSPS) is 11.4. The number of carbonyl (C=O) groups is 2. The van der Waals surface area contributed by atoms with E-state index in [0.717, 1.165) is 29.9 Å². The van der Waals surface area contributed by atoms with Crippen LogP contribution in [0.15, 0.2) is 85.5 Å². The van der Waals surface area contributed by atoms with E-state index in [1.54, 1.807) is 49.4 Å². The van der Waals surface area contributed by atoms with E-state index in [4.69, 9.17) is 14.2 Å². The maximum Gasteiger partial charge on any atom is 0.338 e. The van der Waals surface area contributed by atoms with Crippen molar-refractivity contribution >= 4 is 11.8 Å². The first-order valence-electron chi connectivity index (χ1n) is 12.4. The smallest absolute Gasteiger partial charge is 0.338 e. The second-order valence-corrected chi connectivity index (χ2v) is 8.55. The van der Waals surface area contributed by atoms with Crippen LogP contribution in [0.4, 0.5) is 0 Å². The van der Waals surface area contributed by atoms with Crippen LogP contribution in [0.1, 0.15) is 60.2 Å². The fourth-order valence-corrected chi connectivity index (χ4v) is 3.65. The molecule has 5 nitrogen and oxygen atoms in total. The summed E-state index contributed by atoms with van der Waals surface area (Å²) in [6, 6.07) is 21.8. The number of Topliss-reactive ketones (excluding diaryl/α,β-unsaturated/α-hetero) is 1. The van der Waals surface area contributed by atoms with Gasteiger partial charge in [0.25, 0.3) is 0 Å². The maximum atomic E-state index is 12.7. The van der Waals surface area contributed by atoms with Crippen molar-refractivity contribution in [3.63, 3.8) is 0 Å². The minimum atomic E-state index is -0.911. The standard InChI is InChI=1S/C31H34O5/c1-4-6-7-8-22-35-29-17-13-25(14-18-29)24-9-11-27(12-10-24)31(33)36-23(3)30(32)26-15-19-28(20-16-26)34-21-5-2/h5,9-20,23H,2,4,6-8,21-22H2,1,3H3. The molecule has 0 N–H and O–H groups in total. The summed E-state index contributed by atoms with van der Waals surface area (Å²) < 4.78 is 16.7. The lowest BCUT2D eigenvalue weighted by atomic mass is 10.0. The van der Waals surface area contributed by atoms with Crippen molar-refractivity contribution in [2.24, 2.45) is 0 Å². The first kappa shape index (κ1) is 26.7. The van der Waals surface area contributed by atoms with Gasteiger partial charge in [0.05, 0.1) is 12.2 Å². The topological polar surface area (TPSA) is 61.8 Å². The van der Waals surface area contributed by atoms with Crippen molar-refractivity contribution in [3.05, 3.63) is 96.6 Å². The predicted molar refractivity (Wildman–Crippen MR) is 143 cm³/mol. The van der Waals surface area contributed by atoms with Gasteiger partial charge in [-0.25, -0.2) is 4.79 Å². The highest BCUT2D eigenvalue weighted by atomic mass is 16.5. The van der Waals surface area contributed by atoms with Gasteiger partial charge in [-0.3, -0.25) is 4.79 Å². The lowest BCUT2D eigenvalue weighted by molar-refractivity contribution is 0.0319. The molecule has 0 amide bonds. The van der Waals surface area contributed by atoms with Gasteiger partial charge < -0.3 is 14.2 Å². The van der Waals surface area contributed by atoms with E-state index in [-0.39, 0.29) is 5.78 Å². The summed E-state index contributed by atoms with van der Waals surface area (Å²) in [7, 11) is 0. The minimum Gasteiger partial charge on any atom is -0.494 e. The van der Waals surface area contributed by atoms with E-state index in [1.807, 2.05) is 36.4 Å². The summed E-state index contributed by atoms with van der Waals surface area (Å²) in [6.45, 7) is 8.49. The molecule has 0 fully saturated rings. The highest BCUT2D eigenvalue weighted by Crippen LogP contribution is 2.24. The van der Waals surface area contributed by atoms with Crippen LogP contribution in [0.2, 0.25) is 0 Å². The van der Waals surface area contributed by atoms with Crippen LogP contribution in [0, 0.1) is 0 Å². The van der Waals surface area contributed by atoms with E-state index in [2.05, 4.69) is 13.5 Å². The van der Waals surface area contributed by atoms with E-state index in [9.17, 15) is 9.59 Å². The Balaban J connectivity index is 1.53. The summed E-state index contributed by atoms with van der Waals surface area (Å²) in [6.07, 6.45) is 5.44. The third kappa shape index (κ3) is 7.84. The first-order valence-corrected chi connectivity index (χ1v) is 12.4. The Hall–Kier alpha value is -3.86. The third-order valence-corrected chi connectivity index (χ3v) is 5.73. The van der Waals surface area contributed by atoms with E-state index in [0.29, 0.717) is 23.5 Å². The van der Waals surface area contributed by atoms with Crippen LogP contribution in [0.25, 0.3) is 11.1 Å². The SMILES string of the molecule is C=CCOc1ccc(C(=O)C(C)OC(=O)c2ccc(-c3ccc(OCCCCCC)cc3)cc2)cc1. The van der Waals surface area contributed by atoms with E-state index in [1.165, 1.54) is 19.3 Å². The highest BCUT2D eigenvalue weighted by Gasteiger charge is 2.20. The summed E-state index contributed by atoms with van der Waals surface area (Å²) in [5, 5.41) is 0. The van der Waals surface area contributed by atoms with Gasteiger partial charge in [0.15, 0.2) is 6.10 Å². The first-order chi connectivity index (χ1) is 17.5. The van der Waals surface area contributed by atoms with Crippen LogP contribution in [0.5, 0.6) is 11.5 Å². The zero-order valence-electron chi connectivity index (χ0n) is 21.1. The Morgan fingerprint density at radius 1 is 0.778 bits per heavy atom. The average molecular weight is 487 g/mol. The van der Waals surface area contributed by atoms with Crippen molar-refractivity contribution in [2.75, 3.05) is 13.2 Å². The molecule has 1 unspecified atom stereocenters. The Morgan fingerprint density at radius 2 is 1.33 bits per heavy atom. The molecule has 3 aromatic carbocycles. The lowest BCUT2D eigenvalue weighted by Crippen LogP contribution is -2.24. The van der Waals surface area contributed by atoms with Crippen LogP contribution in [-0.2, 0) is 4.74 Å². The maximum absolute atomic E-state index is 12.7. The highest BCUT2D eigenvalue weighted by molar-refractivity contribution is 6.01. The largest absolute Gasteiger partial charge is 0.494 e. The number of ether oxygens (including phenoxy) is 3. The van der Waals surface area contributed by atoms with Crippen LogP contribution in [0.3, 0.4) is 0 Å². The second-order valence-electron chi connectivity index (χ2n) is 8.55. The third-order valence-electron chi connectivity index (χ3n) is 5.73. The zero-order chi connectivity index (χ0) is 25.8. The average Bonchev–Trinajstić information content (AvgIpc) is 2.92. The van der Waals surface area contributed by atoms with Gasteiger partial charge in [-0.1, -0.05) is 63.1 Å². The summed E-state index contributed by atoms with van der Waals surface area (Å²) >= 11 is 0. The molecule has 0 aliphatic carbocycles. The molecule has 0 saturated heterocycles. The minimum absolute atomic E-state index is 0.275. The Kier molecular flexibility index (Phi) is 10.3. The Morgan fingerprint density at radius 3 is 1.94 bits per heavy atom. The molecule has 5 heteroatoms. The fraction of sp³-hybridized carbons (Fsp3) is 0.290. The molecule has 0 heterocycles. The van der Waals surface area contributed by atoms with Gasteiger partial charge in [0.1, 0.15) is 18.1 Å². The Labute approximate surface area is 213 Å². The van der Waals surface area contributed by atoms with Crippen molar-refractivity contribution in [1.29, 1.82) is 0 Å². The van der Waals surface area contributed by atoms with Gasteiger partial charge in [0, 0.05) is 5.56 Å². The van der Waals surface area contributed by atoms with Crippen LogP contribution >= 0.6 is 0 Å². The van der Waals surface area contributed by atoms with Crippen molar-refractivity contribution in [3.8, 4) is 22.6 Å². The molecule has 3 aromatic rings. The number of ketones is 1. The molecule has 0 radical (unpaired) electrons. The summed E-state index contributed by atoms with van der Waals surface area (Å²) in [4.78, 5) is 25.3. The van der Waals surface area contributed by atoms with Gasteiger partial charge in [0.2, 0.25) is 5.78 Å². The van der Waals surface area contributed by atoms with Crippen molar-refractivity contribution < 1.29 is 23.8 Å². The van der Waals surface area contributed by atoms with Crippen molar-refractivity contribution in [1.82, 2.24) is 0 Å². The van der Waals surface area contributed by atoms with E-state index >= 15 is 0 Å². The molecule has 0 aromatic heterocycles. The molecule has 0 saturated carbocycles. The number of benzene rings is 3. The van der Waals surface area contributed by atoms with Gasteiger partial charge in [-0.15, -0.1) is 0 Å². The Bertz CT molecular complexity index is 1120. The summed E-state index contributed by atoms with van der Waals surface area (Å²) in [5.74, 6) is 0.678. The summed E-state index contributed by atoms with van der Waals surface area (Å²) in [5.41, 5.74) is 2.84. The molecule has 0 aliphatic rings. The van der Waals surface area contributed by atoms with Gasteiger partial charge in [-0.05, 0) is 73.0 Å². The number of carbonyl (C=O) groups excluding carboxylic acids is 2. The molecular weight excluding hydrogens is 452 g/mol. The lowest BCUT2D eigenvalue weighted by Gasteiger charge is -2.13. The number of hydrogen-bond acceptors (Lipinski definition) is 5. The van der Waals surface area contributed by atoms with Gasteiger partial charge >= 0.3 is 5.97 Å². The molecule has 36 heavy (non-hydrogen) atoms.